The Balaban J connectivity index is 2.05. The summed E-state index contributed by atoms with van der Waals surface area (Å²) in [5, 5.41) is 0. The zero-order chi connectivity index (χ0) is 15.2. The summed E-state index contributed by atoms with van der Waals surface area (Å²) in [4.78, 5) is 0. The average molecular weight is 318 g/mol. The van der Waals surface area contributed by atoms with Crippen molar-refractivity contribution in [1.29, 1.82) is 0 Å². The van der Waals surface area contributed by atoms with Crippen molar-refractivity contribution in [2.75, 3.05) is 0 Å². The van der Waals surface area contributed by atoms with E-state index in [0.29, 0.717) is 23.0 Å². The number of benzene rings is 2. The van der Waals surface area contributed by atoms with Gasteiger partial charge in [-0.2, -0.15) is 0 Å². The zero-order valence-corrected chi connectivity index (χ0v) is 12.9. The maximum atomic E-state index is 5.66. The highest BCUT2D eigenvalue weighted by molar-refractivity contribution is 7.75. The first-order chi connectivity index (χ1) is 10.1. The minimum Gasteiger partial charge on any atom is -0.457 e. The summed E-state index contributed by atoms with van der Waals surface area (Å²) >= 11 is 7.46. The van der Waals surface area contributed by atoms with Crippen molar-refractivity contribution in [2.24, 2.45) is 0 Å². The molecule has 0 fully saturated rings. The molecule has 0 aliphatic rings. The number of ether oxygens (including phenoxy) is 1. The Hall–Kier alpha value is -1.98. The molecule has 108 valence electrons. The third-order valence-corrected chi connectivity index (χ3v) is 3.23. The van der Waals surface area contributed by atoms with Crippen molar-refractivity contribution in [3.05, 3.63) is 72.8 Å². The Morgan fingerprint density at radius 3 is 1.29 bits per heavy atom. The van der Waals surface area contributed by atoms with Gasteiger partial charge in [-0.25, -0.2) is 0 Å². The summed E-state index contributed by atoms with van der Waals surface area (Å²) in [7, 11) is 0. The molecular weight excluding hydrogens is 304 g/mol. The second-order valence-electron chi connectivity index (χ2n) is 4.18. The van der Waals surface area contributed by atoms with E-state index in [1.807, 2.05) is 24.3 Å². The molecule has 0 aliphatic heterocycles. The van der Waals surface area contributed by atoms with Gasteiger partial charge in [-0.3, -0.25) is 0 Å². The second-order valence-corrected chi connectivity index (χ2v) is 4.54. The number of hydrogen-bond acceptors (Lipinski definition) is 5. The van der Waals surface area contributed by atoms with Gasteiger partial charge in [0, 0.05) is 36.9 Å². The zero-order valence-electron chi connectivity index (χ0n) is 11.2. The third kappa shape index (κ3) is 4.00. The van der Waals surface area contributed by atoms with E-state index < -0.39 is 0 Å². The van der Waals surface area contributed by atoms with Crippen LogP contribution in [0, 0.1) is 0 Å². The molecule has 0 spiro atoms. The van der Waals surface area contributed by atoms with E-state index in [9.17, 15) is 0 Å². The fraction of sp³-hybridized carbons (Fsp3) is 0. The molecule has 0 radical (unpaired) electrons. The van der Waals surface area contributed by atoms with Gasteiger partial charge in [-0.05, 0) is 48.5 Å². The van der Waals surface area contributed by atoms with Crippen molar-refractivity contribution in [1.82, 2.24) is 0 Å². The molecule has 0 aromatic heterocycles. The van der Waals surface area contributed by atoms with Gasteiger partial charge in [0.1, 0.15) is 23.0 Å². The Morgan fingerprint density at radius 1 is 0.667 bits per heavy atom. The second kappa shape index (κ2) is 7.15. The monoisotopic (exact) mass is 318 g/mol. The largest absolute Gasteiger partial charge is 0.457 e. The van der Waals surface area contributed by atoms with E-state index in [2.05, 4.69) is 39.0 Å². The summed E-state index contributed by atoms with van der Waals surface area (Å²) in [5.74, 6) is 2.30. The molecule has 0 N–H and O–H groups in total. The molecular formula is C16H14O3S2. The first-order valence-electron chi connectivity index (χ1n) is 6.03. The lowest BCUT2D eigenvalue weighted by molar-refractivity contribution is 0.474. The Morgan fingerprint density at radius 2 is 1.00 bits per heavy atom. The van der Waals surface area contributed by atoms with Crippen molar-refractivity contribution in [2.45, 2.75) is 0 Å². The van der Waals surface area contributed by atoms with E-state index in [0.717, 1.165) is 11.1 Å². The molecule has 2 rings (SSSR count). The van der Waals surface area contributed by atoms with Crippen molar-refractivity contribution in [3.8, 4) is 11.5 Å². The molecule has 0 unspecified atom stereocenters. The van der Waals surface area contributed by atoms with Crippen LogP contribution >= 0.6 is 25.8 Å². The molecule has 0 bridgehead atoms. The number of thiol groups is 2. The average Bonchev–Trinajstić information content (AvgIpc) is 2.55. The van der Waals surface area contributed by atoms with Crippen molar-refractivity contribution < 1.29 is 13.1 Å². The fourth-order valence-electron chi connectivity index (χ4n) is 1.67. The Labute approximate surface area is 135 Å². The molecule has 21 heavy (non-hydrogen) atoms. The Kier molecular flexibility index (Phi) is 5.25. The maximum Gasteiger partial charge on any atom is 0.137 e. The predicted molar refractivity (Wildman–Crippen MR) is 91.3 cm³/mol. The van der Waals surface area contributed by atoms with Crippen LogP contribution in [0.2, 0.25) is 0 Å². The molecule has 2 aromatic carbocycles. The quantitative estimate of drug-likeness (QED) is 0.455. The van der Waals surface area contributed by atoms with Crippen LogP contribution in [-0.2, 0) is 4.74 Å². The first-order valence-corrected chi connectivity index (χ1v) is 6.76. The standard InChI is InChI=1S/C16H14O3S2/c1-11(13-3-7-15(18-20)8-4-13)17-12(2)14-5-9-16(19-21)10-6-14/h3-10,20-21H,1-2H2. The SMILES string of the molecule is C=C(OC(=C)c1ccc(OS)cc1)c1ccc(OS)cc1. The van der Waals surface area contributed by atoms with E-state index >= 15 is 0 Å². The van der Waals surface area contributed by atoms with Gasteiger partial charge in [0.25, 0.3) is 0 Å². The molecule has 0 saturated heterocycles. The summed E-state index contributed by atoms with van der Waals surface area (Å²) < 4.78 is 15.3. The lowest BCUT2D eigenvalue weighted by Gasteiger charge is -2.12. The van der Waals surface area contributed by atoms with Gasteiger partial charge in [0.2, 0.25) is 0 Å². The maximum absolute atomic E-state index is 5.66. The molecule has 0 amide bonds. The summed E-state index contributed by atoms with van der Waals surface area (Å²) in [6.45, 7) is 7.80. The summed E-state index contributed by atoms with van der Waals surface area (Å²) in [6, 6.07) is 14.4. The van der Waals surface area contributed by atoms with Crippen LogP contribution in [0.5, 0.6) is 11.5 Å². The predicted octanol–water partition coefficient (Wildman–Crippen LogP) is 4.79. The lowest BCUT2D eigenvalue weighted by atomic mass is 10.1. The van der Waals surface area contributed by atoms with E-state index in [1.165, 1.54) is 0 Å². The van der Waals surface area contributed by atoms with Gasteiger partial charge >= 0.3 is 0 Å². The minimum atomic E-state index is 0.500. The first kappa shape index (κ1) is 15.4. The van der Waals surface area contributed by atoms with Crippen molar-refractivity contribution in [3.63, 3.8) is 0 Å². The topological polar surface area (TPSA) is 27.7 Å². The van der Waals surface area contributed by atoms with Crippen LogP contribution < -0.4 is 8.37 Å². The summed E-state index contributed by atoms with van der Waals surface area (Å²) in [5.41, 5.74) is 1.67. The van der Waals surface area contributed by atoms with Gasteiger partial charge in [-0.15, -0.1) is 0 Å². The van der Waals surface area contributed by atoms with Gasteiger partial charge in [0.05, 0.1) is 0 Å². The van der Waals surface area contributed by atoms with E-state index in [1.54, 1.807) is 24.3 Å². The molecule has 3 nitrogen and oxygen atoms in total. The lowest BCUT2D eigenvalue weighted by Crippen LogP contribution is -1.91. The Bertz CT molecular complexity index is 576. The smallest absolute Gasteiger partial charge is 0.137 e. The highest BCUT2D eigenvalue weighted by Gasteiger charge is 2.06. The highest BCUT2D eigenvalue weighted by Crippen LogP contribution is 2.25. The van der Waals surface area contributed by atoms with Crippen molar-refractivity contribution >= 4 is 37.3 Å². The molecule has 2 aromatic rings. The number of rotatable bonds is 6. The van der Waals surface area contributed by atoms with Gasteiger partial charge in [0.15, 0.2) is 0 Å². The minimum absolute atomic E-state index is 0.500. The third-order valence-electron chi connectivity index (χ3n) is 2.81. The van der Waals surface area contributed by atoms with E-state index in [4.69, 9.17) is 13.1 Å². The molecule has 5 heteroatoms. The van der Waals surface area contributed by atoms with Crippen LogP contribution in [0.25, 0.3) is 11.5 Å². The van der Waals surface area contributed by atoms with E-state index in [-0.39, 0.29) is 0 Å². The van der Waals surface area contributed by atoms with Gasteiger partial charge in [-0.1, -0.05) is 13.2 Å². The van der Waals surface area contributed by atoms with Gasteiger partial charge < -0.3 is 13.1 Å². The fourth-order valence-corrected chi connectivity index (χ4v) is 1.91. The van der Waals surface area contributed by atoms with Crippen LogP contribution in [-0.4, -0.2) is 0 Å². The molecule has 0 heterocycles. The van der Waals surface area contributed by atoms with Crippen LogP contribution in [0.1, 0.15) is 11.1 Å². The summed E-state index contributed by atoms with van der Waals surface area (Å²) in [6.07, 6.45) is 0. The normalized spacial score (nSPS) is 9.81. The van der Waals surface area contributed by atoms with Crippen LogP contribution in [0.15, 0.2) is 61.7 Å². The molecule has 0 aliphatic carbocycles. The van der Waals surface area contributed by atoms with Crippen LogP contribution in [0.4, 0.5) is 0 Å². The highest BCUT2D eigenvalue weighted by atomic mass is 32.1. The molecule has 0 atom stereocenters. The number of hydrogen-bond donors (Lipinski definition) is 2. The molecule has 0 saturated carbocycles. The van der Waals surface area contributed by atoms with Crippen LogP contribution in [0.3, 0.4) is 0 Å².